The average Bonchev–Trinajstić information content (AvgIpc) is 2.32. The van der Waals surface area contributed by atoms with Gasteiger partial charge in [-0.25, -0.2) is 0 Å². The van der Waals surface area contributed by atoms with E-state index in [1.54, 1.807) is 0 Å². The minimum absolute atomic E-state index is 0.182. The van der Waals surface area contributed by atoms with Crippen molar-refractivity contribution in [2.75, 3.05) is 13.1 Å². The lowest BCUT2D eigenvalue weighted by Gasteiger charge is -2.32. The normalized spacial score (nSPS) is 25.8. The van der Waals surface area contributed by atoms with E-state index in [1.807, 2.05) is 13.8 Å². The first-order valence-corrected chi connectivity index (χ1v) is 5.75. The van der Waals surface area contributed by atoms with Crippen LogP contribution in [-0.2, 0) is 4.79 Å². The van der Waals surface area contributed by atoms with Gasteiger partial charge < -0.3 is 4.79 Å². The molecule has 1 unspecified atom stereocenters. The van der Waals surface area contributed by atoms with Crippen LogP contribution in [0.25, 0.3) is 0 Å². The second-order valence-corrected chi connectivity index (χ2v) is 5.28. The summed E-state index contributed by atoms with van der Waals surface area (Å²) in [6, 6.07) is 0.650. The summed E-state index contributed by atoms with van der Waals surface area (Å²) < 4.78 is 0. The maximum absolute atomic E-state index is 10.9. The van der Waals surface area contributed by atoms with Crippen LogP contribution in [0.3, 0.4) is 0 Å². The van der Waals surface area contributed by atoms with E-state index in [9.17, 15) is 4.79 Å². The van der Waals surface area contributed by atoms with E-state index < -0.39 is 0 Å². The summed E-state index contributed by atoms with van der Waals surface area (Å²) in [6.07, 6.45) is 6.36. The highest BCUT2D eigenvalue weighted by Gasteiger charge is 2.24. The van der Waals surface area contributed by atoms with Crippen molar-refractivity contribution in [2.24, 2.45) is 5.41 Å². The first-order valence-electron chi connectivity index (χ1n) is 5.75. The number of hydrogen-bond acceptors (Lipinski definition) is 2. The molecule has 0 aromatic rings. The van der Waals surface area contributed by atoms with Gasteiger partial charge in [-0.15, -0.1) is 0 Å². The molecule has 0 aliphatic carbocycles. The minimum atomic E-state index is -0.182. The van der Waals surface area contributed by atoms with Crippen LogP contribution in [0.5, 0.6) is 0 Å². The molecule has 0 radical (unpaired) electrons. The zero-order chi connectivity index (χ0) is 10.6. The minimum Gasteiger partial charge on any atom is -0.303 e. The summed E-state index contributed by atoms with van der Waals surface area (Å²) in [7, 11) is 0. The standard InChI is InChI=1S/C12H23NO/c1-11-7-5-4-6-8-13(11)9-12(2,3)10-14/h10-11H,4-9H2,1-3H3. The summed E-state index contributed by atoms with van der Waals surface area (Å²) >= 11 is 0. The van der Waals surface area contributed by atoms with Crippen LogP contribution in [0.4, 0.5) is 0 Å². The maximum Gasteiger partial charge on any atom is 0.126 e. The predicted molar refractivity (Wildman–Crippen MR) is 59.3 cm³/mol. The van der Waals surface area contributed by atoms with E-state index in [2.05, 4.69) is 11.8 Å². The third kappa shape index (κ3) is 3.41. The van der Waals surface area contributed by atoms with Crippen molar-refractivity contribution in [3.05, 3.63) is 0 Å². The van der Waals surface area contributed by atoms with Crippen LogP contribution in [-0.4, -0.2) is 30.3 Å². The summed E-state index contributed by atoms with van der Waals surface area (Å²) in [4.78, 5) is 13.3. The lowest BCUT2D eigenvalue weighted by molar-refractivity contribution is -0.115. The van der Waals surface area contributed by atoms with E-state index in [1.165, 1.54) is 32.2 Å². The molecule has 2 heteroatoms. The van der Waals surface area contributed by atoms with Gasteiger partial charge in [0.25, 0.3) is 0 Å². The Morgan fingerprint density at radius 3 is 2.71 bits per heavy atom. The van der Waals surface area contributed by atoms with Crippen molar-refractivity contribution >= 4 is 6.29 Å². The van der Waals surface area contributed by atoms with Crippen LogP contribution in [0, 0.1) is 5.41 Å². The first-order chi connectivity index (χ1) is 6.55. The van der Waals surface area contributed by atoms with Gasteiger partial charge in [0.1, 0.15) is 6.29 Å². The van der Waals surface area contributed by atoms with Crippen molar-refractivity contribution in [3.63, 3.8) is 0 Å². The van der Waals surface area contributed by atoms with Gasteiger partial charge in [-0.3, -0.25) is 4.90 Å². The Balaban J connectivity index is 2.52. The van der Waals surface area contributed by atoms with E-state index in [4.69, 9.17) is 0 Å². The molecule has 0 spiro atoms. The molecule has 0 aromatic heterocycles. The first kappa shape index (κ1) is 11.7. The number of hydrogen-bond donors (Lipinski definition) is 0. The highest BCUT2D eigenvalue weighted by molar-refractivity contribution is 5.58. The number of aldehydes is 1. The van der Waals surface area contributed by atoms with E-state index in [0.29, 0.717) is 6.04 Å². The van der Waals surface area contributed by atoms with Crippen LogP contribution in [0.2, 0.25) is 0 Å². The van der Waals surface area contributed by atoms with E-state index in [0.717, 1.165) is 12.8 Å². The van der Waals surface area contributed by atoms with Crippen molar-refractivity contribution in [2.45, 2.75) is 52.5 Å². The second-order valence-electron chi connectivity index (χ2n) is 5.28. The highest BCUT2D eigenvalue weighted by Crippen LogP contribution is 2.21. The quantitative estimate of drug-likeness (QED) is 0.648. The summed E-state index contributed by atoms with van der Waals surface area (Å²) in [6.45, 7) is 8.41. The van der Waals surface area contributed by atoms with Crippen molar-refractivity contribution < 1.29 is 4.79 Å². The topological polar surface area (TPSA) is 20.3 Å². The van der Waals surface area contributed by atoms with Crippen molar-refractivity contribution in [3.8, 4) is 0 Å². The van der Waals surface area contributed by atoms with Crippen LogP contribution >= 0.6 is 0 Å². The van der Waals surface area contributed by atoms with Crippen LogP contribution in [0.15, 0.2) is 0 Å². The third-order valence-electron chi connectivity index (χ3n) is 3.12. The van der Waals surface area contributed by atoms with Gasteiger partial charge in [0, 0.05) is 18.0 Å². The van der Waals surface area contributed by atoms with Crippen molar-refractivity contribution in [1.29, 1.82) is 0 Å². The molecule has 0 bridgehead atoms. The Morgan fingerprint density at radius 1 is 1.36 bits per heavy atom. The molecule has 1 saturated heterocycles. The van der Waals surface area contributed by atoms with Gasteiger partial charge in [-0.1, -0.05) is 26.7 Å². The molecule has 0 aromatic carbocycles. The Hall–Kier alpha value is -0.370. The van der Waals surface area contributed by atoms with Gasteiger partial charge in [-0.05, 0) is 26.3 Å². The molecule has 0 saturated carbocycles. The molecule has 14 heavy (non-hydrogen) atoms. The Bertz CT molecular complexity index is 189. The lowest BCUT2D eigenvalue weighted by atomic mass is 9.94. The molecular formula is C12H23NO. The molecular weight excluding hydrogens is 174 g/mol. The number of carbonyl (C=O) groups excluding carboxylic acids is 1. The van der Waals surface area contributed by atoms with Crippen LogP contribution in [0.1, 0.15) is 46.5 Å². The third-order valence-corrected chi connectivity index (χ3v) is 3.12. The zero-order valence-corrected chi connectivity index (χ0v) is 9.75. The Kier molecular flexibility index (Phi) is 4.11. The maximum atomic E-state index is 10.9. The summed E-state index contributed by atoms with van der Waals surface area (Å²) in [5.41, 5.74) is -0.182. The largest absolute Gasteiger partial charge is 0.303 e. The molecule has 1 aliphatic rings. The molecule has 1 fully saturated rings. The van der Waals surface area contributed by atoms with Gasteiger partial charge in [-0.2, -0.15) is 0 Å². The number of likely N-dealkylation sites (tertiary alicyclic amines) is 1. The van der Waals surface area contributed by atoms with Gasteiger partial charge in [0.05, 0.1) is 0 Å². The average molecular weight is 197 g/mol. The smallest absolute Gasteiger partial charge is 0.126 e. The number of nitrogens with zero attached hydrogens (tertiary/aromatic N) is 1. The zero-order valence-electron chi connectivity index (χ0n) is 9.75. The summed E-state index contributed by atoms with van der Waals surface area (Å²) in [5, 5.41) is 0. The van der Waals surface area contributed by atoms with Crippen LogP contribution < -0.4 is 0 Å². The highest BCUT2D eigenvalue weighted by atomic mass is 16.1. The van der Waals surface area contributed by atoms with E-state index in [-0.39, 0.29) is 5.41 Å². The predicted octanol–water partition coefficient (Wildman–Crippen LogP) is 2.48. The Morgan fingerprint density at radius 2 is 2.07 bits per heavy atom. The van der Waals surface area contributed by atoms with Crippen molar-refractivity contribution in [1.82, 2.24) is 4.90 Å². The fraction of sp³-hybridized carbons (Fsp3) is 0.917. The molecule has 0 N–H and O–H groups in total. The molecule has 2 nitrogen and oxygen atoms in total. The van der Waals surface area contributed by atoms with E-state index >= 15 is 0 Å². The fourth-order valence-corrected chi connectivity index (χ4v) is 2.13. The number of carbonyl (C=O) groups is 1. The lowest BCUT2D eigenvalue weighted by Crippen LogP contribution is -2.40. The fourth-order valence-electron chi connectivity index (χ4n) is 2.13. The second kappa shape index (κ2) is 4.92. The molecule has 1 rings (SSSR count). The monoisotopic (exact) mass is 197 g/mol. The summed E-state index contributed by atoms with van der Waals surface area (Å²) in [5.74, 6) is 0. The molecule has 82 valence electrons. The Labute approximate surface area is 87.7 Å². The SMILES string of the molecule is CC1CCCCCN1CC(C)(C)C=O. The molecule has 1 atom stereocenters. The number of rotatable bonds is 3. The molecule has 0 amide bonds. The molecule has 1 aliphatic heterocycles. The van der Waals surface area contributed by atoms with Gasteiger partial charge in [0.2, 0.25) is 0 Å². The van der Waals surface area contributed by atoms with Gasteiger partial charge >= 0.3 is 0 Å². The van der Waals surface area contributed by atoms with Gasteiger partial charge in [0.15, 0.2) is 0 Å². The molecule has 1 heterocycles.